The quantitative estimate of drug-likeness (QED) is 0.846. The van der Waals surface area contributed by atoms with Crippen molar-refractivity contribution in [2.75, 3.05) is 7.11 Å². The minimum absolute atomic E-state index is 0.381. The molecule has 98 valence electrons. The monoisotopic (exact) mass is 292 g/mol. The van der Waals surface area contributed by atoms with Gasteiger partial charge in [0.2, 0.25) is 0 Å². The molecule has 5 heteroatoms. The molecule has 1 aromatic carbocycles. The highest BCUT2D eigenvalue weighted by Gasteiger charge is 2.11. The van der Waals surface area contributed by atoms with Crippen molar-refractivity contribution in [1.29, 1.82) is 5.26 Å². The highest BCUT2D eigenvalue weighted by atomic mass is 35.5. The average molecular weight is 293 g/mol. The molecule has 2 rings (SSSR count). The van der Waals surface area contributed by atoms with Gasteiger partial charge in [-0.15, -0.1) is 11.3 Å². The van der Waals surface area contributed by atoms with Crippen LogP contribution in [-0.4, -0.2) is 12.1 Å². The Balaban J connectivity index is 2.21. The zero-order chi connectivity index (χ0) is 13.7. The molecule has 0 spiro atoms. The predicted octanol–water partition coefficient (Wildman–Crippen LogP) is 3.60. The summed E-state index contributed by atoms with van der Waals surface area (Å²) in [6.07, 6.45) is 1.11. The average Bonchev–Trinajstić information content (AvgIpc) is 2.72. The number of halogens is 1. The zero-order valence-electron chi connectivity index (χ0n) is 10.5. The molecule has 0 amide bonds. The van der Waals surface area contributed by atoms with E-state index in [0.717, 1.165) is 32.6 Å². The van der Waals surface area contributed by atoms with Gasteiger partial charge in [-0.25, -0.2) is 4.98 Å². The summed E-state index contributed by atoms with van der Waals surface area (Å²) in [5.74, 6) is 0. The fraction of sp³-hybridized carbons (Fsp3) is 0.286. The summed E-state index contributed by atoms with van der Waals surface area (Å²) in [4.78, 5) is 5.53. The van der Waals surface area contributed by atoms with Crippen molar-refractivity contribution >= 4 is 22.9 Å². The van der Waals surface area contributed by atoms with Crippen LogP contribution >= 0.6 is 22.9 Å². The molecule has 0 fully saturated rings. The first kappa shape index (κ1) is 14.0. The molecule has 0 atom stereocenters. The lowest BCUT2D eigenvalue weighted by molar-refractivity contribution is 0.181. The molecule has 0 aliphatic carbocycles. The summed E-state index contributed by atoms with van der Waals surface area (Å²) in [6, 6.07) is 9.90. The van der Waals surface area contributed by atoms with Crippen LogP contribution in [0.25, 0.3) is 0 Å². The van der Waals surface area contributed by atoms with Crippen molar-refractivity contribution in [1.82, 2.24) is 4.98 Å². The Hall–Kier alpha value is -1.41. The standard InChI is InChI=1S/C14H13ClN2OS/c1-18-9-12-13(5-6-16)19-14(17-12)8-10-3-2-4-11(15)7-10/h2-4,7H,5,8-9H2,1H3. The molecule has 0 aliphatic heterocycles. The van der Waals surface area contributed by atoms with E-state index < -0.39 is 0 Å². The third kappa shape index (κ3) is 3.77. The SMILES string of the molecule is COCc1nc(Cc2cccc(Cl)c2)sc1CC#N. The van der Waals surface area contributed by atoms with Crippen LogP contribution in [0, 0.1) is 11.3 Å². The summed E-state index contributed by atoms with van der Waals surface area (Å²) in [5.41, 5.74) is 1.99. The Morgan fingerprint density at radius 1 is 1.47 bits per heavy atom. The third-order valence-electron chi connectivity index (χ3n) is 2.59. The van der Waals surface area contributed by atoms with Gasteiger partial charge in [-0.2, -0.15) is 5.26 Å². The van der Waals surface area contributed by atoms with E-state index in [0.29, 0.717) is 13.0 Å². The normalized spacial score (nSPS) is 10.4. The van der Waals surface area contributed by atoms with Gasteiger partial charge in [-0.3, -0.25) is 0 Å². The molecule has 2 aromatic rings. The number of ether oxygens (including phenoxy) is 1. The largest absolute Gasteiger partial charge is 0.378 e. The first-order valence-electron chi connectivity index (χ1n) is 5.80. The van der Waals surface area contributed by atoms with Crippen LogP contribution in [0.1, 0.15) is 21.1 Å². The molecule has 0 saturated carbocycles. The Bertz CT molecular complexity index is 604. The molecular weight excluding hydrogens is 280 g/mol. The molecule has 0 aliphatic rings. The van der Waals surface area contributed by atoms with E-state index in [1.54, 1.807) is 18.4 Å². The summed E-state index contributed by atoms with van der Waals surface area (Å²) in [6.45, 7) is 0.447. The van der Waals surface area contributed by atoms with Crippen molar-refractivity contribution in [3.8, 4) is 6.07 Å². The second kappa shape index (κ2) is 6.67. The zero-order valence-corrected chi connectivity index (χ0v) is 12.1. The number of thiazole rings is 1. The van der Waals surface area contributed by atoms with Crippen LogP contribution in [0.15, 0.2) is 24.3 Å². The van der Waals surface area contributed by atoms with Crippen LogP contribution in [0.5, 0.6) is 0 Å². The van der Waals surface area contributed by atoms with E-state index in [2.05, 4.69) is 11.1 Å². The topological polar surface area (TPSA) is 45.9 Å². The molecule has 0 N–H and O–H groups in total. The van der Waals surface area contributed by atoms with E-state index in [4.69, 9.17) is 21.6 Å². The van der Waals surface area contributed by atoms with Gasteiger partial charge < -0.3 is 4.74 Å². The highest BCUT2D eigenvalue weighted by molar-refractivity contribution is 7.11. The molecular formula is C14H13ClN2OS. The number of benzene rings is 1. The Morgan fingerprint density at radius 3 is 3.00 bits per heavy atom. The van der Waals surface area contributed by atoms with Gasteiger partial charge in [0.05, 0.1) is 29.8 Å². The molecule has 1 aromatic heterocycles. The first-order valence-corrected chi connectivity index (χ1v) is 7.00. The van der Waals surface area contributed by atoms with Crippen molar-refractivity contribution in [2.45, 2.75) is 19.4 Å². The van der Waals surface area contributed by atoms with Crippen molar-refractivity contribution in [2.24, 2.45) is 0 Å². The number of hydrogen-bond donors (Lipinski definition) is 0. The number of aromatic nitrogens is 1. The maximum Gasteiger partial charge on any atom is 0.0976 e. The lowest BCUT2D eigenvalue weighted by Gasteiger charge is -1.98. The number of nitrogens with zero attached hydrogens (tertiary/aromatic N) is 2. The number of nitriles is 1. The number of hydrogen-bond acceptors (Lipinski definition) is 4. The van der Waals surface area contributed by atoms with E-state index in [1.807, 2.05) is 24.3 Å². The van der Waals surface area contributed by atoms with Gasteiger partial charge in [0, 0.05) is 23.4 Å². The van der Waals surface area contributed by atoms with Crippen LogP contribution in [0.2, 0.25) is 5.02 Å². The Labute approximate surface area is 121 Å². The first-order chi connectivity index (χ1) is 9.22. The molecule has 0 bridgehead atoms. The second-order valence-electron chi connectivity index (χ2n) is 4.05. The third-order valence-corrected chi connectivity index (χ3v) is 3.92. The minimum atomic E-state index is 0.381. The second-order valence-corrected chi connectivity index (χ2v) is 5.66. The summed E-state index contributed by atoms with van der Waals surface area (Å²) in [5, 5.41) is 10.5. The van der Waals surface area contributed by atoms with Crippen LogP contribution in [0.4, 0.5) is 0 Å². The summed E-state index contributed by atoms with van der Waals surface area (Å²) >= 11 is 7.53. The summed E-state index contributed by atoms with van der Waals surface area (Å²) < 4.78 is 5.11. The maximum atomic E-state index is 8.82. The van der Waals surface area contributed by atoms with Crippen molar-refractivity contribution < 1.29 is 4.74 Å². The highest BCUT2D eigenvalue weighted by Crippen LogP contribution is 2.23. The van der Waals surface area contributed by atoms with Crippen molar-refractivity contribution in [3.05, 3.63) is 50.4 Å². The smallest absolute Gasteiger partial charge is 0.0976 e. The molecule has 0 saturated heterocycles. The predicted molar refractivity (Wildman–Crippen MR) is 76.4 cm³/mol. The fourth-order valence-corrected chi connectivity index (χ4v) is 3.04. The van der Waals surface area contributed by atoms with Gasteiger partial charge in [-0.1, -0.05) is 23.7 Å². The van der Waals surface area contributed by atoms with Crippen LogP contribution in [0.3, 0.4) is 0 Å². The van der Waals surface area contributed by atoms with E-state index in [9.17, 15) is 0 Å². The van der Waals surface area contributed by atoms with Crippen LogP contribution in [-0.2, 0) is 24.2 Å². The lowest BCUT2D eigenvalue weighted by Crippen LogP contribution is -1.93. The van der Waals surface area contributed by atoms with Crippen molar-refractivity contribution in [3.63, 3.8) is 0 Å². The Morgan fingerprint density at radius 2 is 2.32 bits per heavy atom. The maximum absolute atomic E-state index is 8.82. The molecule has 1 heterocycles. The number of rotatable bonds is 5. The minimum Gasteiger partial charge on any atom is -0.378 e. The molecule has 0 unspecified atom stereocenters. The van der Waals surface area contributed by atoms with Gasteiger partial charge in [-0.05, 0) is 17.7 Å². The van der Waals surface area contributed by atoms with Crippen LogP contribution < -0.4 is 0 Å². The van der Waals surface area contributed by atoms with E-state index >= 15 is 0 Å². The van der Waals surface area contributed by atoms with E-state index in [1.165, 1.54) is 0 Å². The molecule has 0 radical (unpaired) electrons. The van der Waals surface area contributed by atoms with Gasteiger partial charge in [0.1, 0.15) is 0 Å². The molecule has 3 nitrogen and oxygen atoms in total. The molecule has 19 heavy (non-hydrogen) atoms. The van der Waals surface area contributed by atoms with Gasteiger partial charge in [0.25, 0.3) is 0 Å². The lowest BCUT2D eigenvalue weighted by atomic mass is 10.2. The Kier molecular flexibility index (Phi) is 4.92. The summed E-state index contributed by atoms with van der Waals surface area (Å²) in [7, 11) is 1.63. The van der Waals surface area contributed by atoms with Gasteiger partial charge >= 0.3 is 0 Å². The number of methoxy groups -OCH3 is 1. The van der Waals surface area contributed by atoms with E-state index in [-0.39, 0.29) is 0 Å². The fourth-order valence-electron chi connectivity index (χ4n) is 1.79. The van der Waals surface area contributed by atoms with Gasteiger partial charge in [0.15, 0.2) is 0 Å².